The molecule has 0 saturated carbocycles. The first-order valence-corrected chi connectivity index (χ1v) is 7.52. The van der Waals surface area contributed by atoms with Crippen LogP contribution in [0.1, 0.15) is 24.5 Å². The van der Waals surface area contributed by atoms with E-state index in [1.165, 1.54) is 6.08 Å². The first-order chi connectivity index (χ1) is 11.1. The van der Waals surface area contributed by atoms with Gasteiger partial charge in [-0.1, -0.05) is 13.0 Å². The van der Waals surface area contributed by atoms with Gasteiger partial charge in [-0.2, -0.15) is 0 Å². The summed E-state index contributed by atoms with van der Waals surface area (Å²) in [6, 6.07) is 9.13. The molecule has 0 atom stereocenters. The molecule has 0 radical (unpaired) electrons. The zero-order chi connectivity index (χ0) is 16.7. The summed E-state index contributed by atoms with van der Waals surface area (Å²) >= 11 is 0. The molecule has 2 rings (SSSR count). The third kappa shape index (κ3) is 5.14. The summed E-state index contributed by atoms with van der Waals surface area (Å²) in [6.45, 7) is 4.61. The molecule has 0 fully saturated rings. The van der Waals surface area contributed by atoms with Crippen molar-refractivity contribution in [1.29, 1.82) is 0 Å². The first kappa shape index (κ1) is 16.5. The van der Waals surface area contributed by atoms with Crippen LogP contribution in [-0.2, 0) is 4.79 Å². The van der Waals surface area contributed by atoms with Gasteiger partial charge in [0.15, 0.2) is 0 Å². The van der Waals surface area contributed by atoms with Gasteiger partial charge in [0.2, 0.25) is 5.91 Å². The number of anilines is 2. The van der Waals surface area contributed by atoms with Crippen LogP contribution in [0, 0.1) is 6.92 Å². The van der Waals surface area contributed by atoms with E-state index >= 15 is 0 Å². The molecule has 2 aromatic rings. The number of aryl methyl sites for hydroxylation is 1. The van der Waals surface area contributed by atoms with Crippen molar-refractivity contribution in [3.8, 4) is 5.75 Å². The average Bonchev–Trinajstić information content (AvgIpc) is 2.52. The topological polar surface area (TPSA) is 77.2 Å². The number of rotatable bonds is 6. The zero-order valence-corrected chi connectivity index (χ0v) is 13.4. The van der Waals surface area contributed by atoms with E-state index in [-0.39, 0.29) is 5.91 Å². The van der Waals surface area contributed by atoms with Crippen molar-refractivity contribution in [2.75, 3.05) is 17.7 Å². The van der Waals surface area contributed by atoms with E-state index in [0.29, 0.717) is 23.9 Å². The van der Waals surface area contributed by atoms with Gasteiger partial charge in [-0.15, -0.1) is 0 Å². The van der Waals surface area contributed by atoms with E-state index in [2.05, 4.69) is 10.3 Å². The Kier molecular flexibility index (Phi) is 5.74. The summed E-state index contributed by atoms with van der Waals surface area (Å²) in [4.78, 5) is 16.0. The number of aromatic nitrogens is 1. The van der Waals surface area contributed by atoms with Crippen LogP contribution in [0.3, 0.4) is 0 Å². The second kappa shape index (κ2) is 7.98. The highest BCUT2D eigenvalue weighted by atomic mass is 16.5. The van der Waals surface area contributed by atoms with Crippen LogP contribution in [0.25, 0.3) is 6.08 Å². The molecule has 0 aliphatic carbocycles. The molecule has 1 aromatic carbocycles. The Balaban J connectivity index is 1.99. The fraction of sp³-hybridized carbons (Fsp3) is 0.222. The van der Waals surface area contributed by atoms with Crippen LogP contribution >= 0.6 is 0 Å². The Morgan fingerprint density at radius 2 is 2.17 bits per heavy atom. The number of benzene rings is 1. The molecule has 1 heterocycles. The number of ether oxygens (including phenoxy) is 1. The number of carbonyl (C=O) groups excluding carboxylic acids is 1. The van der Waals surface area contributed by atoms with E-state index < -0.39 is 0 Å². The summed E-state index contributed by atoms with van der Waals surface area (Å²) in [6.07, 6.45) is 5.73. The maximum absolute atomic E-state index is 11.9. The molecule has 0 spiro atoms. The maximum Gasteiger partial charge on any atom is 0.249 e. The van der Waals surface area contributed by atoms with E-state index in [1.807, 2.05) is 38.1 Å². The lowest BCUT2D eigenvalue weighted by Crippen LogP contribution is -2.09. The first-order valence-electron chi connectivity index (χ1n) is 7.52. The van der Waals surface area contributed by atoms with Crippen LogP contribution in [0.15, 0.2) is 42.6 Å². The van der Waals surface area contributed by atoms with E-state index in [0.717, 1.165) is 17.5 Å². The number of hydrogen-bond donors (Lipinski definition) is 2. The Morgan fingerprint density at radius 1 is 1.35 bits per heavy atom. The van der Waals surface area contributed by atoms with Crippen molar-refractivity contribution in [2.24, 2.45) is 0 Å². The molecule has 3 N–H and O–H groups in total. The van der Waals surface area contributed by atoms with Gasteiger partial charge in [-0.05, 0) is 54.8 Å². The van der Waals surface area contributed by atoms with Gasteiger partial charge in [0, 0.05) is 12.3 Å². The predicted molar refractivity (Wildman–Crippen MR) is 93.3 cm³/mol. The quantitative estimate of drug-likeness (QED) is 0.633. The third-order valence-electron chi connectivity index (χ3n) is 3.09. The molecule has 0 aliphatic rings. The number of pyridine rings is 1. The normalized spacial score (nSPS) is 10.7. The van der Waals surface area contributed by atoms with Crippen molar-refractivity contribution >= 4 is 23.5 Å². The molecule has 23 heavy (non-hydrogen) atoms. The van der Waals surface area contributed by atoms with Crippen LogP contribution in [0.2, 0.25) is 0 Å². The van der Waals surface area contributed by atoms with Crippen molar-refractivity contribution in [2.45, 2.75) is 20.3 Å². The summed E-state index contributed by atoms with van der Waals surface area (Å²) in [5.74, 6) is 0.952. The van der Waals surface area contributed by atoms with Crippen LogP contribution in [-0.4, -0.2) is 17.5 Å². The Morgan fingerprint density at radius 3 is 2.87 bits per heavy atom. The van der Waals surface area contributed by atoms with E-state index in [4.69, 9.17) is 10.5 Å². The highest BCUT2D eigenvalue weighted by molar-refractivity contribution is 6.01. The second-order valence-corrected chi connectivity index (χ2v) is 5.19. The van der Waals surface area contributed by atoms with E-state index in [9.17, 15) is 4.79 Å². The standard InChI is InChI=1S/C18H21N3O2/c1-3-10-23-16-6-4-14(12-15(16)19)5-7-18(22)21-17-11-13(2)8-9-20-17/h4-9,11-12H,3,10,19H2,1-2H3,(H,20,21,22)/b7-5-. The Hall–Kier alpha value is -2.82. The van der Waals surface area contributed by atoms with E-state index in [1.54, 1.807) is 18.3 Å². The van der Waals surface area contributed by atoms with Gasteiger partial charge in [-0.3, -0.25) is 4.79 Å². The molecule has 5 heteroatoms. The molecule has 5 nitrogen and oxygen atoms in total. The lowest BCUT2D eigenvalue weighted by Gasteiger charge is -2.08. The zero-order valence-electron chi connectivity index (χ0n) is 13.4. The third-order valence-corrected chi connectivity index (χ3v) is 3.09. The molecule has 0 bridgehead atoms. The molecular formula is C18H21N3O2. The van der Waals surface area contributed by atoms with Gasteiger partial charge in [0.25, 0.3) is 0 Å². The maximum atomic E-state index is 11.9. The molecule has 0 saturated heterocycles. The number of amides is 1. The Bertz CT molecular complexity index is 711. The summed E-state index contributed by atoms with van der Waals surface area (Å²) < 4.78 is 5.52. The summed E-state index contributed by atoms with van der Waals surface area (Å²) in [7, 11) is 0. The number of nitrogens with one attached hydrogen (secondary N) is 1. The fourth-order valence-corrected chi connectivity index (χ4v) is 1.96. The van der Waals surface area contributed by atoms with Gasteiger partial charge < -0.3 is 15.8 Å². The SMILES string of the molecule is CCCOc1ccc(/C=C\C(=O)Nc2cc(C)ccn2)cc1N. The highest BCUT2D eigenvalue weighted by Crippen LogP contribution is 2.23. The average molecular weight is 311 g/mol. The van der Waals surface area contributed by atoms with Crippen LogP contribution in [0.5, 0.6) is 5.75 Å². The highest BCUT2D eigenvalue weighted by Gasteiger charge is 2.02. The number of hydrogen-bond acceptors (Lipinski definition) is 4. The largest absolute Gasteiger partial charge is 0.491 e. The monoisotopic (exact) mass is 311 g/mol. The van der Waals surface area contributed by atoms with Gasteiger partial charge in [-0.25, -0.2) is 4.98 Å². The second-order valence-electron chi connectivity index (χ2n) is 5.19. The molecule has 0 unspecified atom stereocenters. The minimum Gasteiger partial charge on any atom is -0.491 e. The lowest BCUT2D eigenvalue weighted by molar-refractivity contribution is -0.111. The van der Waals surface area contributed by atoms with Crippen LogP contribution in [0.4, 0.5) is 11.5 Å². The van der Waals surface area contributed by atoms with Gasteiger partial charge in [0.1, 0.15) is 11.6 Å². The summed E-state index contributed by atoms with van der Waals surface area (Å²) in [5, 5.41) is 2.71. The molecule has 1 aromatic heterocycles. The molecule has 1 amide bonds. The van der Waals surface area contributed by atoms with Crippen molar-refractivity contribution < 1.29 is 9.53 Å². The molecule has 0 aliphatic heterocycles. The van der Waals surface area contributed by atoms with Crippen molar-refractivity contribution in [3.63, 3.8) is 0 Å². The molecular weight excluding hydrogens is 290 g/mol. The van der Waals surface area contributed by atoms with Crippen molar-refractivity contribution in [1.82, 2.24) is 4.98 Å². The minimum absolute atomic E-state index is 0.243. The Labute approximate surface area is 136 Å². The number of nitrogens with two attached hydrogens (primary N) is 1. The number of nitrogen functional groups attached to an aromatic ring is 1. The van der Waals surface area contributed by atoms with Crippen molar-refractivity contribution in [3.05, 3.63) is 53.7 Å². The number of carbonyl (C=O) groups is 1. The fourth-order valence-electron chi connectivity index (χ4n) is 1.96. The predicted octanol–water partition coefficient (Wildman–Crippen LogP) is 3.41. The molecule has 120 valence electrons. The van der Waals surface area contributed by atoms with Crippen LogP contribution < -0.4 is 15.8 Å². The lowest BCUT2D eigenvalue weighted by atomic mass is 10.1. The smallest absolute Gasteiger partial charge is 0.249 e. The summed E-state index contributed by atoms with van der Waals surface area (Å²) in [5.41, 5.74) is 8.37. The minimum atomic E-state index is -0.243. The number of nitrogens with zero attached hydrogens (tertiary/aromatic N) is 1. The van der Waals surface area contributed by atoms with Gasteiger partial charge in [0.05, 0.1) is 12.3 Å². The van der Waals surface area contributed by atoms with Gasteiger partial charge >= 0.3 is 0 Å².